The van der Waals surface area contributed by atoms with Gasteiger partial charge in [-0.1, -0.05) is 18.2 Å². The van der Waals surface area contributed by atoms with E-state index in [1.165, 1.54) is 30.7 Å². The Balaban J connectivity index is 1.19. The van der Waals surface area contributed by atoms with E-state index in [2.05, 4.69) is 15.3 Å². The SMILES string of the molecule is CC(C)(O)C(O)COc1ccc2c(Oc3ccc(NC(=O)c4cc5c(n(-c6ccccc6)c4=O)CCCC5=O)nc3)ccnc2c1. The topological polar surface area (TPSA) is 153 Å². The molecule has 5 aromatic rings. The first-order chi connectivity index (χ1) is 22.1. The second-order valence-electron chi connectivity index (χ2n) is 11.6. The van der Waals surface area contributed by atoms with Crippen LogP contribution in [0.3, 0.4) is 0 Å². The van der Waals surface area contributed by atoms with Gasteiger partial charge < -0.3 is 25.0 Å². The van der Waals surface area contributed by atoms with Crippen LogP contribution < -0.4 is 20.3 Å². The first kappa shape index (κ1) is 30.6. The number of aliphatic hydroxyl groups is 2. The maximum absolute atomic E-state index is 13.6. The highest BCUT2D eigenvalue weighted by Crippen LogP contribution is 2.31. The Labute approximate surface area is 264 Å². The summed E-state index contributed by atoms with van der Waals surface area (Å²) < 4.78 is 13.1. The third-order valence-electron chi connectivity index (χ3n) is 7.78. The molecule has 3 heterocycles. The number of fused-ring (bicyclic) bond motifs is 2. The summed E-state index contributed by atoms with van der Waals surface area (Å²) in [6.45, 7) is 2.92. The van der Waals surface area contributed by atoms with Crippen LogP contribution in [0.5, 0.6) is 17.2 Å². The van der Waals surface area contributed by atoms with Crippen LogP contribution in [-0.2, 0) is 6.42 Å². The number of anilines is 1. The molecule has 0 saturated heterocycles. The van der Waals surface area contributed by atoms with Crippen LogP contribution in [0.15, 0.2) is 90.0 Å². The Morgan fingerprint density at radius 1 is 1.00 bits per heavy atom. The number of hydrogen-bond donors (Lipinski definition) is 3. The monoisotopic (exact) mass is 620 g/mol. The quantitative estimate of drug-likeness (QED) is 0.210. The summed E-state index contributed by atoms with van der Waals surface area (Å²) in [6, 6.07) is 20.4. The number of carbonyl (C=O) groups is 2. The highest BCUT2D eigenvalue weighted by molar-refractivity contribution is 6.06. The minimum absolute atomic E-state index is 0.0898. The van der Waals surface area contributed by atoms with E-state index >= 15 is 0 Å². The van der Waals surface area contributed by atoms with Gasteiger partial charge in [0.1, 0.15) is 41.3 Å². The van der Waals surface area contributed by atoms with E-state index in [4.69, 9.17) is 9.47 Å². The molecule has 0 aliphatic heterocycles. The number of nitrogens with one attached hydrogen (secondary N) is 1. The average molecular weight is 621 g/mol. The minimum Gasteiger partial charge on any atom is -0.491 e. The van der Waals surface area contributed by atoms with E-state index < -0.39 is 23.2 Å². The summed E-state index contributed by atoms with van der Waals surface area (Å²) in [6.07, 6.45) is 3.52. The molecular weight excluding hydrogens is 588 g/mol. The van der Waals surface area contributed by atoms with Gasteiger partial charge in [0.2, 0.25) is 0 Å². The fourth-order valence-electron chi connectivity index (χ4n) is 5.19. The van der Waals surface area contributed by atoms with Gasteiger partial charge in [-0.3, -0.25) is 23.9 Å². The fourth-order valence-corrected chi connectivity index (χ4v) is 5.19. The second kappa shape index (κ2) is 12.5. The van der Waals surface area contributed by atoms with Gasteiger partial charge in [-0.2, -0.15) is 0 Å². The number of Topliss-reactive ketones (excluding diaryl/α,β-unsaturated/α-hetero) is 1. The van der Waals surface area contributed by atoms with E-state index in [0.717, 1.165) is 0 Å². The smallest absolute Gasteiger partial charge is 0.268 e. The van der Waals surface area contributed by atoms with Gasteiger partial charge in [0.25, 0.3) is 11.5 Å². The van der Waals surface area contributed by atoms with Crippen molar-refractivity contribution in [3.05, 3.63) is 112 Å². The van der Waals surface area contributed by atoms with Crippen molar-refractivity contribution >= 4 is 28.4 Å². The number of amides is 1. The maximum Gasteiger partial charge on any atom is 0.268 e. The largest absolute Gasteiger partial charge is 0.491 e. The molecule has 1 unspecified atom stereocenters. The zero-order chi connectivity index (χ0) is 32.4. The number of nitrogens with zero attached hydrogens (tertiary/aromatic N) is 3. The first-order valence-electron chi connectivity index (χ1n) is 14.8. The number of aromatic nitrogens is 3. The standard InChI is InChI=1S/C35H32N4O7/c1-35(2,44)31(41)20-45-22-11-13-24-27(17-22)36-16-15-30(24)46-23-12-14-32(37-19-23)38-33(42)26-18-25-28(9-6-10-29(25)40)39(34(26)43)21-7-4-3-5-8-21/h3-5,7-8,11-19,31,41,44H,6,9-10,20H2,1-2H3,(H,37,38,42). The molecule has 46 heavy (non-hydrogen) atoms. The highest BCUT2D eigenvalue weighted by Gasteiger charge is 2.27. The van der Waals surface area contributed by atoms with Crippen molar-refractivity contribution in [3.63, 3.8) is 0 Å². The normalized spacial score (nSPS) is 13.6. The Morgan fingerprint density at radius 2 is 1.78 bits per heavy atom. The van der Waals surface area contributed by atoms with Crippen molar-refractivity contribution in [1.82, 2.24) is 14.5 Å². The Kier molecular flexibility index (Phi) is 8.35. The van der Waals surface area contributed by atoms with Crippen LogP contribution in [0.25, 0.3) is 16.6 Å². The van der Waals surface area contributed by atoms with Crippen LogP contribution in [0, 0.1) is 0 Å². The number of pyridine rings is 3. The van der Waals surface area contributed by atoms with Crippen LogP contribution in [-0.4, -0.2) is 54.8 Å². The van der Waals surface area contributed by atoms with Crippen molar-refractivity contribution in [2.45, 2.75) is 44.8 Å². The van der Waals surface area contributed by atoms with Gasteiger partial charge in [-0.25, -0.2) is 4.98 Å². The van der Waals surface area contributed by atoms with Crippen LogP contribution >= 0.6 is 0 Å². The molecule has 3 aromatic heterocycles. The predicted molar refractivity (Wildman–Crippen MR) is 171 cm³/mol. The molecule has 11 heteroatoms. The van der Waals surface area contributed by atoms with Crippen molar-refractivity contribution < 1.29 is 29.3 Å². The molecule has 0 bridgehead atoms. The molecule has 0 fully saturated rings. The first-order valence-corrected chi connectivity index (χ1v) is 14.8. The minimum atomic E-state index is -1.30. The summed E-state index contributed by atoms with van der Waals surface area (Å²) >= 11 is 0. The molecule has 1 amide bonds. The zero-order valence-electron chi connectivity index (χ0n) is 25.3. The summed E-state index contributed by atoms with van der Waals surface area (Å²) in [4.78, 5) is 48.4. The van der Waals surface area contributed by atoms with Crippen molar-refractivity contribution in [2.24, 2.45) is 0 Å². The second-order valence-corrected chi connectivity index (χ2v) is 11.6. The van der Waals surface area contributed by atoms with Crippen LogP contribution in [0.4, 0.5) is 5.82 Å². The Bertz CT molecular complexity index is 1980. The van der Waals surface area contributed by atoms with Gasteiger partial charge in [0.15, 0.2) is 5.78 Å². The number of benzene rings is 2. The summed E-state index contributed by atoms with van der Waals surface area (Å²) in [5.74, 6) is 0.793. The molecule has 0 spiro atoms. The number of rotatable bonds is 9. The zero-order valence-corrected chi connectivity index (χ0v) is 25.3. The van der Waals surface area contributed by atoms with Crippen LogP contribution in [0.2, 0.25) is 0 Å². The summed E-state index contributed by atoms with van der Waals surface area (Å²) in [5, 5.41) is 23.3. The van der Waals surface area contributed by atoms with Crippen molar-refractivity contribution in [2.75, 3.05) is 11.9 Å². The third-order valence-corrected chi connectivity index (χ3v) is 7.78. The highest BCUT2D eigenvalue weighted by atomic mass is 16.5. The molecule has 1 atom stereocenters. The van der Waals surface area contributed by atoms with Crippen molar-refractivity contribution in [3.8, 4) is 22.9 Å². The average Bonchev–Trinajstić information content (AvgIpc) is 3.04. The third kappa shape index (κ3) is 6.37. The molecule has 234 valence electrons. The van der Waals surface area contributed by atoms with Crippen molar-refractivity contribution in [1.29, 1.82) is 0 Å². The lowest BCUT2D eigenvalue weighted by Gasteiger charge is -2.24. The summed E-state index contributed by atoms with van der Waals surface area (Å²) in [7, 11) is 0. The van der Waals surface area contributed by atoms with Gasteiger partial charge in [0.05, 0.1) is 17.3 Å². The molecule has 6 rings (SSSR count). The van der Waals surface area contributed by atoms with Gasteiger partial charge in [-0.15, -0.1) is 0 Å². The summed E-state index contributed by atoms with van der Waals surface area (Å²) in [5.41, 5.74) is 0.212. The van der Waals surface area contributed by atoms with E-state index in [1.807, 2.05) is 6.07 Å². The lowest BCUT2D eigenvalue weighted by Crippen LogP contribution is -2.40. The van der Waals surface area contributed by atoms with Gasteiger partial charge >= 0.3 is 0 Å². The molecule has 1 aliphatic carbocycles. The molecule has 0 saturated carbocycles. The van der Waals surface area contributed by atoms with Gasteiger partial charge in [0, 0.05) is 41.0 Å². The molecule has 3 N–H and O–H groups in total. The predicted octanol–water partition coefficient (Wildman–Crippen LogP) is 4.85. The number of ether oxygens (including phenoxy) is 2. The van der Waals surface area contributed by atoms with E-state index in [-0.39, 0.29) is 23.8 Å². The molecule has 0 radical (unpaired) electrons. The van der Waals surface area contributed by atoms with E-state index in [9.17, 15) is 24.6 Å². The molecule has 2 aromatic carbocycles. The van der Waals surface area contributed by atoms with Crippen LogP contribution in [0.1, 0.15) is 53.1 Å². The molecular formula is C35H32N4O7. The van der Waals surface area contributed by atoms with Gasteiger partial charge in [-0.05, 0) is 75.2 Å². The van der Waals surface area contributed by atoms with E-state index in [1.54, 1.807) is 66.9 Å². The number of ketones is 1. The number of carbonyl (C=O) groups excluding carboxylic acids is 2. The van der Waals surface area contributed by atoms with E-state index in [0.29, 0.717) is 64.4 Å². The Morgan fingerprint density at radius 3 is 2.52 bits per heavy atom. The fraction of sp³-hybridized carbons (Fsp3) is 0.229. The maximum atomic E-state index is 13.6. The number of aliphatic hydroxyl groups excluding tert-OH is 1. The lowest BCUT2D eigenvalue weighted by molar-refractivity contribution is -0.0661. The lowest BCUT2D eigenvalue weighted by atomic mass is 9.92. The molecule has 11 nitrogen and oxygen atoms in total. The Hall–Kier alpha value is -5.39. The molecule has 1 aliphatic rings. The number of para-hydroxylation sites is 1. The number of hydrogen-bond acceptors (Lipinski definition) is 9.